The number of carbonyl (C=O) groups excluding carboxylic acids is 1. The Morgan fingerprint density at radius 1 is 1.37 bits per heavy atom. The van der Waals surface area contributed by atoms with Crippen LogP contribution < -0.4 is 5.73 Å². The lowest BCUT2D eigenvalue weighted by Crippen LogP contribution is -2.04. The smallest absolute Gasteiger partial charge is 0.350 e. The van der Waals surface area contributed by atoms with Crippen molar-refractivity contribution in [2.24, 2.45) is 0 Å². The Kier molecular flexibility index (Phi) is 3.85. The first kappa shape index (κ1) is 13.5. The third kappa shape index (κ3) is 2.93. The lowest BCUT2D eigenvalue weighted by Gasteiger charge is -2.00. The maximum Gasteiger partial charge on any atom is 0.350 e. The monoisotopic (exact) mass is 279 g/mol. The minimum absolute atomic E-state index is 0.296. The van der Waals surface area contributed by atoms with E-state index < -0.39 is 5.97 Å². The molecule has 0 atom stereocenters. The number of halogens is 1. The van der Waals surface area contributed by atoms with E-state index in [1.54, 1.807) is 13.0 Å². The summed E-state index contributed by atoms with van der Waals surface area (Å²) in [7, 11) is 0. The van der Waals surface area contributed by atoms with Crippen molar-refractivity contribution in [2.75, 3.05) is 12.3 Å². The van der Waals surface area contributed by atoms with Crippen LogP contribution in [0.3, 0.4) is 0 Å². The minimum atomic E-state index is -0.440. The summed E-state index contributed by atoms with van der Waals surface area (Å²) >= 11 is 1.21. The lowest BCUT2D eigenvalue weighted by molar-refractivity contribution is 0.0533. The maximum absolute atomic E-state index is 13.4. The molecule has 0 radical (unpaired) electrons. The first-order chi connectivity index (χ1) is 9.01. The first-order valence-electron chi connectivity index (χ1n) is 5.85. The zero-order valence-electron chi connectivity index (χ0n) is 10.7. The summed E-state index contributed by atoms with van der Waals surface area (Å²) in [5, 5.41) is 0. The van der Waals surface area contributed by atoms with Gasteiger partial charge in [0.05, 0.1) is 12.3 Å². The first-order valence-corrected chi connectivity index (χ1v) is 6.67. The van der Waals surface area contributed by atoms with Crippen LogP contribution in [0.5, 0.6) is 0 Å². The molecule has 0 aliphatic rings. The van der Waals surface area contributed by atoms with Gasteiger partial charge in [0.1, 0.15) is 10.7 Å². The summed E-state index contributed by atoms with van der Waals surface area (Å²) in [6, 6.07) is 6.40. The zero-order chi connectivity index (χ0) is 14.0. The van der Waals surface area contributed by atoms with E-state index in [1.807, 2.05) is 13.0 Å². The van der Waals surface area contributed by atoms with Gasteiger partial charge in [0, 0.05) is 4.88 Å². The normalized spacial score (nSPS) is 10.5. The van der Waals surface area contributed by atoms with Gasteiger partial charge in [-0.05, 0) is 43.2 Å². The molecule has 1 aromatic heterocycles. The molecule has 0 aliphatic heterocycles. The summed E-state index contributed by atoms with van der Waals surface area (Å²) in [6.07, 6.45) is 0. The molecule has 0 saturated carbocycles. The fraction of sp³-hybridized carbons (Fsp3) is 0.214. The van der Waals surface area contributed by atoms with E-state index >= 15 is 0 Å². The SMILES string of the molecule is CCOC(=O)c1sc(-c2cc(C)cc(F)c2)cc1N. The number of hydrogen-bond donors (Lipinski definition) is 1. The van der Waals surface area contributed by atoms with Crippen molar-refractivity contribution in [3.63, 3.8) is 0 Å². The molecule has 0 aliphatic carbocycles. The second-order valence-corrected chi connectivity index (χ2v) is 5.19. The average molecular weight is 279 g/mol. The molecule has 0 saturated heterocycles. The van der Waals surface area contributed by atoms with Gasteiger partial charge in [0.2, 0.25) is 0 Å². The second kappa shape index (κ2) is 5.40. The number of anilines is 1. The van der Waals surface area contributed by atoms with Crippen LogP contribution in [0.4, 0.5) is 10.1 Å². The van der Waals surface area contributed by atoms with Gasteiger partial charge in [0.15, 0.2) is 0 Å². The Hall–Kier alpha value is -1.88. The van der Waals surface area contributed by atoms with Gasteiger partial charge in [-0.1, -0.05) is 6.07 Å². The van der Waals surface area contributed by atoms with Crippen LogP contribution in [0.2, 0.25) is 0 Å². The predicted molar refractivity (Wildman–Crippen MR) is 74.8 cm³/mol. The van der Waals surface area contributed by atoms with Crippen LogP contribution in [0.15, 0.2) is 24.3 Å². The minimum Gasteiger partial charge on any atom is -0.462 e. The van der Waals surface area contributed by atoms with Gasteiger partial charge in [0.25, 0.3) is 0 Å². The van der Waals surface area contributed by atoms with Gasteiger partial charge in [-0.2, -0.15) is 0 Å². The standard InChI is InChI=1S/C14H14FNO2S/c1-3-18-14(17)13-11(16)7-12(19-13)9-4-8(2)5-10(15)6-9/h4-7H,3,16H2,1-2H3. The highest BCUT2D eigenvalue weighted by atomic mass is 32.1. The van der Waals surface area contributed by atoms with Crippen LogP contribution >= 0.6 is 11.3 Å². The van der Waals surface area contributed by atoms with Crippen molar-refractivity contribution in [1.82, 2.24) is 0 Å². The van der Waals surface area contributed by atoms with E-state index in [0.29, 0.717) is 22.7 Å². The highest BCUT2D eigenvalue weighted by molar-refractivity contribution is 7.18. The van der Waals surface area contributed by atoms with Crippen LogP contribution in [0.25, 0.3) is 10.4 Å². The van der Waals surface area contributed by atoms with E-state index in [2.05, 4.69) is 0 Å². The molecule has 2 N–H and O–H groups in total. The largest absolute Gasteiger partial charge is 0.462 e. The molecule has 1 heterocycles. The Bertz CT molecular complexity index is 602. The highest BCUT2D eigenvalue weighted by Crippen LogP contribution is 2.34. The molecule has 5 heteroatoms. The molecule has 2 rings (SSSR count). The van der Waals surface area contributed by atoms with Gasteiger partial charge in [-0.25, -0.2) is 9.18 Å². The average Bonchev–Trinajstić information content (AvgIpc) is 2.70. The van der Waals surface area contributed by atoms with Gasteiger partial charge >= 0.3 is 5.97 Å². The fourth-order valence-electron chi connectivity index (χ4n) is 1.78. The number of nitrogens with two attached hydrogens (primary N) is 1. The number of nitrogen functional groups attached to an aromatic ring is 1. The molecular formula is C14H14FNO2S. The van der Waals surface area contributed by atoms with Crippen molar-refractivity contribution >= 4 is 23.0 Å². The Labute approximate surface area is 114 Å². The van der Waals surface area contributed by atoms with Crippen molar-refractivity contribution in [3.8, 4) is 10.4 Å². The van der Waals surface area contributed by atoms with Crippen LogP contribution in [-0.4, -0.2) is 12.6 Å². The van der Waals surface area contributed by atoms with Crippen molar-refractivity contribution < 1.29 is 13.9 Å². The summed E-state index contributed by atoms with van der Waals surface area (Å²) in [4.78, 5) is 12.8. The molecule has 2 aromatic rings. The second-order valence-electron chi connectivity index (χ2n) is 4.13. The number of ether oxygens (including phenoxy) is 1. The van der Waals surface area contributed by atoms with Crippen LogP contribution in [0, 0.1) is 12.7 Å². The molecule has 0 unspecified atom stereocenters. The quantitative estimate of drug-likeness (QED) is 0.873. The van der Waals surface area contributed by atoms with E-state index in [0.717, 1.165) is 10.4 Å². The zero-order valence-corrected chi connectivity index (χ0v) is 11.5. The van der Waals surface area contributed by atoms with E-state index in [1.165, 1.54) is 23.5 Å². The fourth-order valence-corrected chi connectivity index (χ4v) is 2.74. The van der Waals surface area contributed by atoms with Gasteiger partial charge in [-0.15, -0.1) is 11.3 Å². The van der Waals surface area contributed by atoms with Crippen molar-refractivity contribution in [1.29, 1.82) is 0 Å². The number of aryl methyl sites for hydroxylation is 1. The maximum atomic E-state index is 13.4. The van der Waals surface area contributed by atoms with Crippen LogP contribution in [-0.2, 0) is 4.74 Å². The van der Waals surface area contributed by atoms with Gasteiger partial charge in [-0.3, -0.25) is 0 Å². The topological polar surface area (TPSA) is 52.3 Å². The summed E-state index contributed by atoms with van der Waals surface area (Å²) in [5.41, 5.74) is 7.70. The lowest BCUT2D eigenvalue weighted by atomic mass is 10.1. The van der Waals surface area contributed by atoms with Gasteiger partial charge < -0.3 is 10.5 Å². The number of benzene rings is 1. The molecule has 0 fully saturated rings. The molecule has 0 bridgehead atoms. The van der Waals surface area contributed by atoms with E-state index in [4.69, 9.17) is 10.5 Å². The molecule has 3 nitrogen and oxygen atoms in total. The van der Waals surface area contributed by atoms with E-state index in [9.17, 15) is 9.18 Å². The number of thiophene rings is 1. The Balaban J connectivity index is 2.41. The third-order valence-electron chi connectivity index (χ3n) is 2.55. The summed E-state index contributed by atoms with van der Waals surface area (Å²) < 4.78 is 18.3. The number of rotatable bonds is 3. The summed E-state index contributed by atoms with van der Waals surface area (Å²) in [5.74, 6) is -0.746. The highest BCUT2D eigenvalue weighted by Gasteiger charge is 2.16. The van der Waals surface area contributed by atoms with Crippen LogP contribution in [0.1, 0.15) is 22.2 Å². The Morgan fingerprint density at radius 2 is 2.11 bits per heavy atom. The Morgan fingerprint density at radius 3 is 2.74 bits per heavy atom. The molecule has 0 amide bonds. The summed E-state index contributed by atoms with van der Waals surface area (Å²) in [6.45, 7) is 3.85. The van der Waals surface area contributed by atoms with Crippen molar-refractivity contribution in [2.45, 2.75) is 13.8 Å². The van der Waals surface area contributed by atoms with E-state index in [-0.39, 0.29) is 5.82 Å². The molecule has 1 aromatic carbocycles. The number of hydrogen-bond acceptors (Lipinski definition) is 4. The molecule has 19 heavy (non-hydrogen) atoms. The predicted octanol–water partition coefficient (Wildman–Crippen LogP) is 3.62. The molecule has 0 spiro atoms. The molecule has 100 valence electrons. The van der Waals surface area contributed by atoms with Crippen molar-refractivity contribution in [3.05, 3.63) is 40.5 Å². The number of carbonyl (C=O) groups is 1. The third-order valence-corrected chi connectivity index (χ3v) is 3.73. The molecular weight excluding hydrogens is 265 g/mol. The number of esters is 1.